The van der Waals surface area contributed by atoms with E-state index in [2.05, 4.69) is 20.0 Å². The van der Waals surface area contributed by atoms with E-state index in [-0.39, 0.29) is 28.7 Å². The average Bonchev–Trinajstić information content (AvgIpc) is 3.37. The molecular weight excluding hydrogens is 583 g/mol. The number of rotatable bonds is 10. The monoisotopic (exact) mass is 614 g/mol. The summed E-state index contributed by atoms with van der Waals surface area (Å²) in [5.41, 5.74) is 4.17. The Morgan fingerprint density at radius 2 is 1.95 bits per heavy atom. The van der Waals surface area contributed by atoms with Crippen LogP contribution in [0.1, 0.15) is 33.9 Å². The van der Waals surface area contributed by atoms with Crippen LogP contribution in [0.15, 0.2) is 30.6 Å². The van der Waals surface area contributed by atoms with Crippen molar-refractivity contribution in [3.63, 3.8) is 0 Å². The van der Waals surface area contributed by atoms with Crippen molar-refractivity contribution in [2.24, 2.45) is 5.84 Å². The first kappa shape index (κ1) is 30.9. The number of hydrogen-bond acceptors (Lipinski definition) is 14. The van der Waals surface area contributed by atoms with Crippen LogP contribution in [0.4, 0.5) is 11.8 Å². The van der Waals surface area contributed by atoms with Gasteiger partial charge in [-0.25, -0.2) is 15.4 Å². The quantitative estimate of drug-likeness (QED) is 0.0943. The van der Waals surface area contributed by atoms with Crippen LogP contribution >= 0.6 is 19.3 Å². The molecule has 0 bridgehead atoms. The summed E-state index contributed by atoms with van der Waals surface area (Å²) in [7, 11) is -2.99. The maximum Gasteiger partial charge on any atom is 0.461 e. The highest BCUT2D eigenvalue weighted by Crippen LogP contribution is 2.51. The van der Waals surface area contributed by atoms with Crippen LogP contribution in [0.2, 0.25) is 5.02 Å². The van der Waals surface area contributed by atoms with Crippen molar-refractivity contribution in [3.8, 4) is 5.75 Å². The van der Waals surface area contributed by atoms with E-state index in [9.17, 15) is 19.6 Å². The Morgan fingerprint density at radius 3 is 2.56 bits per heavy atom. The van der Waals surface area contributed by atoms with Crippen LogP contribution in [0.3, 0.4) is 0 Å². The molecule has 0 radical (unpaired) electrons. The van der Waals surface area contributed by atoms with Gasteiger partial charge in [0.1, 0.15) is 23.5 Å². The van der Waals surface area contributed by atoms with Crippen molar-refractivity contribution >= 4 is 48.2 Å². The van der Waals surface area contributed by atoms with E-state index in [0.717, 1.165) is 0 Å². The fourth-order valence-electron chi connectivity index (χ4n) is 4.00. The van der Waals surface area contributed by atoms with E-state index in [1.165, 1.54) is 61.1 Å². The third-order valence-corrected chi connectivity index (χ3v) is 7.86. The van der Waals surface area contributed by atoms with E-state index in [0.29, 0.717) is 5.02 Å². The zero-order valence-corrected chi connectivity index (χ0v) is 24.5. The number of benzene rings is 1. The summed E-state index contributed by atoms with van der Waals surface area (Å²) in [5.74, 6) is 5.24. The number of aliphatic hydroxyl groups is 2. The molecule has 18 heteroatoms. The number of ether oxygens (including phenoxy) is 2. The zero-order valence-electron chi connectivity index (χ0n) is 22.8. The van der Waals surface area contributed by atoms with Gasteiger partial charge in [0.2, 0.25) is 12.2 Å². The Hall–Kier alpha value is -3.08. The lowest BCUT2D eigenvalue weighted by molar-refractivity contribution is -0.149. The highest BCUT2D eigenvalue weighted by Gasteiger charge is 2.56. The average molecular weight is 615 g/mol. The second-order valence-electron chi connectivity index (χ2n) is 9.85. The molecule has 1 fully saturated rings. The highest BCUT2D eigenvalue weighted by atomic mass is 35.5. The summed E-state index contributed by atoms with van der Waals surface area (Å²) in [6, 6.07) is 4.66. The predicted molar refractivity (Wildman–Crippen MR) is 147 cm³/mol. The number of esters is 1. The molecule has 224 valence electrons. The van der Waals surface area contributed by atoms with Crippen molar-refractivity contribution in [1.29, 1.82) is 0 Å². The van der Waals surface area contributed by atoms with Crippen LogP contribution in [0.5, 0.6) is 5.75 Å². The molecule has 0 aliphatic carbocycles. The number of carbonyl (C=O) groups is 1. The summed E-state index contributed by atoms with van der Waals surface area (Å²) >= 11 is 5.94. The molecule has 7 N–H and O–H groups in total. The number of halogens is 1. The van der Waals surface area contributed by atoms with Crippen LogP contribution in [-0.2, 0) is 23.4 Å². The second-order valence-corrected chi connectivity index (χ2v) is 11.9. The zero-order chi connectivity index (χ0) is 30.3. The lowest BCUT2D eigenvalue weighted by Crippen LogP contribution is -2.44. The van der Waals surface area contributed by atoms with Gasteiger partial charge >= 0.3 is 13.7 Å². The number of nitrogens with one attached hydrogen (secondary N) is 1. The Kier molecular flexibility index (Phi) is 8.78. The van der Waals surface area contributed by atoms with Gasteiger partial charge in [0, 0.05) is 12.1 Å². The summed E-state index contributed by atoms with van der Waals surface area (Å²) in [4.78, 5) is 25.0. The van der Waals surface area contributed by atoms with Gasteiger partial charge in [0.25, 0.3) is 0 Å². The summed E-state index contributed by atoms with van der Waals surface area (Å²) in [5, 5.41) is 26.4. The molecule has 3 unspecified atom stereocenters. The van der Waals surface area contributed by atoms with Crippen LogP contribution in [0, 0.1) is 0 Å². The molecule has 2 aromatic heterocycles. The molecule has 3 heterocycles. The van der Waals surface area contributed by atoms with Gasteiger partial charge in [-0.15, -0.1) is 0 Å². The number of anilines is 2. The molecule has 1 saturated heterocycles. The highest BCUT2D eigenvalue weighted by molar-refractivity contribution is 7.52. The first-order chi connectivity index (χ1) is 19.1. The normalized spacial score (nSPS) is 24.8. The molecular formula is C23H32ClN8O8P. The minimum absolute atomic E-state index is 0.0664. The van der Waals surface area contributed by atoms with Crippen LogP contribution in [-0.4, -0.2) is 72.9 Å². The van der Waals surface area contributed by atoms with E-state index in [1.54, 1.807) is 13.8 Å². The molecule has 16 nitrogen and oxygen atoms in total. The van der Waals surface area contributed by atoms with Gasteiger partial charge in [-0.2, -0.15) is 15.1 Å². The number of hydrogen-bond donors (Lipinski definition) is 5. The molecule has 4 rings (SSSR count). The Morgan fingerprint density at radius 1 is 1.29 bits per heavy atom. The van der Waals surface area contributed by atoms with E-state index < -0.39 is 50.1 Å². The van der Waals surface area contributed by atoms with E-state index in [1.807, 2.05) is 0 Å². The number of carbonyl (C=O) groups excluding carboxylic acids is 1. The lowest BCUT2D eigenvalue weighted by Gasteiger charge is -2.28. The molecule has 41 heavy (non-hydrogen) atoms. The Labute approximate surface area is 240 Å². The molecule has 1 aliphatic heterocycles. The van der Waals surface area contributed by atoms with Crippen molar-refractivity contribution in [2.75, 3.05) is 17.8 Å². The van der Waals surface area contributed by atoms with Crippen LogP contribution < -0.4 is 26.2 Å². The van der Waals surface area contributed by atoms with Gasteiger partial charge in [-0.1, -0.05) is 11.6 Å². The number of nitrogens with zero attached hydrogens (tertiary/aromatic N) is 5. The minimum Gasteiger partial charge on any atom is -0.462 e. The smallest absolute Gasteiger partial charge is 0.461 e. The third-order valence-electron chi connectivity index (χ3n) is 5.97. The van der Waals surface area contributed by atoms with Gasteiger partial charge in [-0.3, -0.25) is 18.9 Å². The van der Waals surface area contributed by atoms with Crippen molar-refractivity contribution < 1.29 is 38.1 Å². The molecule has 3 aromatic rings. The molecule has 1 aliphatic rings. The van der Waals surface area contributed by atoms with Crippen molar-refractivity contribution in [2.45, 2.75) is 64.1 Å². The van der Waals surface area contributed by atoms with E-state index in [4.69, 9.17) is 41.7 Å². The molecule has 0 spiro atoms. The van der Waals surface area contributed by atoms with Gasteiger partial charge < -0.3 is 29.9 Å². The number of nitrogens with two attached hydrogens (primary N) is 2. The second kappa shape index (κ2) is 11.7. The Bertz CT molecular complexity index is 1450. The fourth-order valence-corrected chi connectivity index (χ4v) is 5.70. The number of imidazole rings is 1. The fraction of sp³-hybridized carbons (Fsp3) is 0.478. The Balaban J connectivity index is 1.66. The first-order valence-corrected chi connectivity index (χ1v) is 14.3. The number of aliphatic hydroxyl groups excluding tert-OH is 1. The summed E-state index contributed by atoms with van der Waals surface area (Å²) in [6.07, 6.45) is -4.04. The first-order valence-electron chi connectivity index (χ1n) is 12.4. The minimum atomic E-state index is -4.52. The number of aromatic nitrogens is 4. The summed E-state index contributed by atoms with van der Waals surface area (Å²) < 4.78 is 37.6. The topological polar surface area (TPSA) is 222 Å². The third kappa shape index (κ3) is 6.55. The van der Waals surface area contributed by atoms with E-state index >= 15 is 0 Å². The van der Waals surface area contributed by atoms with Gasteiger partial charge in [-0.05, 0) is 52.0 Å². The molecule has 0 saturated carbocycles. The maximum absolute atomic E-state index is 14.0. The van der Waals surface area contributed by atoms with Gasteiger partial charge in [0.05, 0.1) is 12.4 Å². The SMILES string of the molecule is CC(C)OC(=O)[C@H](C)NP(=O)(Oc1ccc(Cl)cc1)OC1O[C@@H](n2cnc3c(N(C)N)nc(N)nc32)[C@](C)(O)C1O. The summed E-state index contributed by atoms with van der Waals surface area (Å²) in [6.45, 7) is 5.98. The number of fused-ring (bicyclic) bond motifs is 1. The lowest BCUT2D eigenvalue weighted by atomic mass is 9.99. The van der Waals surface area contributed by atoms with Crippen molar-refractivity contribution in [1.82, 2.24) is 24.6 Å². The standard InChI is InChI=1S/C23H32ClN8O8P/c1-11(2)37-19(34)12(3)30-41(36,39-14-8-6-13(24)7-9-14)40-20-16(33)23(4,35)21(38-20)32-10-27-15-17(31(5)26)28-22(25)29-18(15)32/h6-12,16,20-21,33,35H,26H2,1-5H3,(H,30,36)(H2,25,28,29)/t12-,16?,20?,21+,23+,41?/m0/s1. The predicted octanol–water partition coefficient (Wildman–Crippen LogP) is 1.47. The van der Waals surface area contributed by atoms with Gasteiger partial charge in [0.15, 0.2) is 23.2 Å². The molecule has 6 atom stereocenters. The number of hydrazine groups is 1. The largest absolute Gasteiger partial charge is 0.462 e. The molecule has 1 aromatic carbocycles. The number of nitrogen functional groups attached to an aromatic ring is 1. The molecule has 0 amide bonds. The van der Waals surface area contributed by atoms with Crippen molar-refractivity contribution in [3.05, 3.63) is 35.6 Å². The maximum atomic E-state index is 14.0. The van der Waals surface area contributed by atoms with Crippen LogP contribution in [0.25, 0.3) is 11.2 Å².